The summed E-state index contributed by atoms with van der Waals surface area (Å²) in [4.78, 5) is 23.4. The number of nitrogen functional groups attached to an aromatic ring is 1. The predicted octanol–water partition coefficient (Wildman–Crippen LogP) is 2.18. The molecule has 0 spiro atoms. The van der Waals surface area contributed by atoms with Gasteiger partial charge in [0.1, 0.15) is 5.69 Å². The van der Waals surface area contributed by atoms with Crippen LogP contribution in [-0.2, 0) is 9.47 Å². The molecule has 9 nitrogen and oxygen atoms in total. The fourth-order valence-electron chi connectivity index (χ4n) is 3.59. The number of aromatic nitrogens is 2. The molecular formula is C23H22N6O3. The van der Waals surface area contributed by atoms with Crippen LogP contribution in [0, 0.1) is 0 Å². The van der Waals surface area contributed by atoms with Crippen molar-refractivity contribution in [3.63, 3.8) is 0 Å². The van der Waals surface area contributed by atoms with Gasteiger partial charge in [-0.25, -0.2) is 9.97 Å². The lowest BCUT2D eigenvalue weighted by Crippen LogP contribution is -2.40. The highest BCUT2D eigenvalue weighted by molar-refractivity contribution is 5.95. The molecule has 1 fully saturated rings. The van der Waals surface area contributed by atoms with Crippen molar-refractivity contribution in [3.05, 3.63) is 77.6 Å². The molecule has 2 aliphatic heterocycles. The summed E-state index contributed by atoms with van der Waals surface area (Å²) in [5.74, 6) is 0.723. The lowest BCUT2D eigenvalue weighted by molar-refractivity contribution is 0.0303. The number of nitrogens with zero attached hydrogens (tertiary/aromatic N) is 4. The van der Waals surface area contributed by atoms with E-state index in [0.29, 0.717) is 49.2 Å². The Morgan fingerprint density at radius 2 is 1.78 bits per heavy atom. The lowest BCUT2D eigenvalue weighted by atomic mass is 10.1. The zero-order valence-electron chi connectivity index (χ0n) is 17.3. The van der Waals surface area contributed by atoms with E-state index < -0.39 is 6.23 Å². The van der Waals surface area contributed by atoms with E-state index in [-0.39, 0.29) is 11.7 Å². The molecule has 3 heterocycles. The molecular weight excluding hydrogens is 408 g/mol. The Morgan fingerprint density at radius 1 is 1.03 bits per heavy atom. The molecule has 9 heteroatoms. The molecule has 1 atom stereocenters. The van der Waals surface area contributed by atoms with E-state index in [1.807, 2.05) is 42.5 Å². The minimum Gasteiger partial charge on any atom is -0.445 e. The normalized spacial score (nSPS) is 17.9. The van der Waals surface area contributed by atoms with E-state index in [0.717, 1.165) is 11.1 Å². The van der Waals surface area contributed by atoms with E-state index in [2.05, 4.69) is 20.5 Å². The van der Waals surface area contributed by atoms with Crippen molar-refractivity contribution in [2.45, 2.75) is 6.23 Å². The van der Waals surface area contributed by atoms with E-state index >= 15 is 0 Å². The lowest BCUT2D eigenvalue weighted by Gasteiger charge is -2.26. The summed E-state index contributed by atoms with van der Waals surface area (Å²) in [6.45, 7) is 2.35. The average molecular weight is 430 g/mol. The molecule has 1 aromatic heterocycles. The number of ether oxygens (including phenoxy) is 2. The second kappa shape index (κ2) is 8.64. The second-order valence-corrected chi connectivity index (χ2v) is 7.42. The zero-order chi connectivity index (χ0) is 21.9. The number of carbonyl (C=O) groups excluding carboxylic acids is 1. The highest BCUT2D eigenvalue weighted by Gasteiger charge is 2.26. The van der Waals surface area contributed by atoms with Gasteiger partial charge in [0.2, 0.25) is 12.1 Å². The van der Waals surface area contributed by atoms with E-state index in [1.165, 1.54) is 0 Å². The SMILES string of the molecule is Nc1ncc(-c2ccc(C(=O)N3CCOCC3)cc2)nc1[C@@H]1NN=C(c2ccccc2)O1. The molecule has 32 heavy (non-hydrogen) atoms. The number of hydrogen-bond acceptors (Lipinski definition) is 8. The Morgan fingerprint density at radius 3 is 2.53 bits per heavy atom. The molecule has 0 aliphatic carbocycles. The van der Waals surface area contributed by atoms with E-state index in [4.69, 9.17) is 15.2 Å². The number of hydrogen-bond donors (Lipinski definition) is 2. The first kappa shape index (κ1) is 20.0. The molecule has 1 saturated heterocycles. The van der Waals surface area contributed by atoms with Crippen molar-refractivity contribution in [3.8, 4) is 11.3 Å². The van der Waals surface area contributed by atoms with Crippen LogP contribution < -0.4 is 11.2 Å². The number of amides is 1. The van der Waals surface area contributed by atoms with Gasteiger partial charge in [-0.2, -0.15) is 0 Å². The van der Waals surface area contributed by atoms with Crippen molar-refractivity contribution >= 4 is 17.6 Å². The summed E-state index contributed by atoms with van der Waals surface area (Å²) in [6, 6.07) is 16.9. The van der Waals surface area contributed by atoms with Crippen LogP contribution in [0.4, 0.5) is 5.82 Å². The fourth-order valence-corrected chi connectivity index (χ4v) is 3.59. The molecule has 0 radical (unpaired) electrons. The first-order valence-electron chi connectivity index (χ1n) is 10.3. The molecule has 0 saturated carbocycles. The zero-order valence-corrected chi connectivity index (χ0v) is 17.3. The Bertz CT molecular complexity index is 1140. The van der Waals surface area contributed by atoms with Gasteiger partial charge in [0, 0.05) is 29.8 Å². The molecule has 5 rings (SSSR count). The largest absolute Gasteiger partial charge is 0.445 e. The standard InChI is InChI=1S/C23H22N6O3/c24-20-19(22-28-27-21(32-22)16-4-2-1-3-5-16)26-18(14-25-20)15-6-8-17(9-7-15)23(30)29-10-12-31-13-11-29/h1-9,14,22,28H,10-13H2,(H2,24,25)/t22-/m1/s1. The fraction of sp³-hybridized carbons (Fsp3) is 0.217. The number of hydrazone groups is 1. The van der Waals surface area contributed by atoms with Crippen molar-refractivity contribution < 1.29 is 14.3 Å². The summed E-state index contributed by atoms with van der Waals surface area (Å²) in [5, 5.41) is 4.25. The van der Waals surface area contributed by atoms with Gasteiger partial charge in [-0.05, 0) is 24.3 Å². The van der Waals surface area contributed by atoms with Gasteiger partial charge in [0.25, 0.3) is 5.91 Å². The van der Waals surface area contributed by atoms with Crippen LogP contribution in [-0.4, -0.2) is 53.0 Å². The average Bonchev–Trinajstić information content (AvgIpc) is 3.35. The number of rotatable bonds is 4. The van der Waals surface area contributed by atoms with Gasteiger partial charge in [0.15, 0.2) is 5.82 Å². The number of anilines is 1. The Kier molecular flexibility index (Phi) is 5.39. The van der Waals surface area contributed by atoms with Crippen molar-refractivity contribution in [1.82, 2.24) is 20.3 Å². The third kappa shape index (κ3) is 3.97. The summed E-state index contributed by atoms with van der Waals surface area (Å²) in [7, 11) is 0. The maximum atomic E-state index is 12.7. The summed E-state index contributed by atoms with van der Waals surface area (Å²) in [5.41, 5.74) is 12.4. The Labute approximate surface area is 184 Å². The second-order valence-electron chi connectivity index (χ2n) is 7.42. The maximum Gasteiger partial charge on any atom is 0.254 e. The van der Waals surface area contributed by atoms with Crippen LogP contribution >= 0.6 is 0 Å². The van der Waals surface area contributed by atoms with Crippen molar-refractivity contribution in [2.75, 3.05) is 32.0 Å². The molecule has 1 amide bonds. The van der Waals surface area contributed by atoms with Crippen LogP contribution in [0.5, 0.6) is 0 Å². The molecule has 3 aromatic rings. The van der Waals surface area contributed by atoms with Crippen LogP contribution in [0.25, 0.3) is 11.3 Å². The van der Waals surface area contributed by atoms with Crippen LogP contribution in [0.1, 0.15) is 27.8 Å². The maximum absolute atomic E-state index is 12.7. The predicted molar refractivity (Wildman–Crippen MR) is 119 cm³/mol. The van der Waals surface area contributed by atoms with Crippen LogP contribution in [0.15, 0.2) is 65.9 Å². The van der Waals surface area contributed by atoms with Gasteiger partial charge in [-0.1, -0.05) is 30.3 Å². The number of benzene rings is 2. The monoisotopic (exact) mass is 430 g/mol. The molecule has 3 N–H and O–H groups in total. The first-order valence-corrected chi connectivity index (χ1v) is 10.3. The number of carbonyl (C=O) groups is 1. The summed E-state index contributed by atoms with van der Waals surface area (Å²) >= 11 is 0. The first-order chi connectivity index (χ1) is 15.7. The highest BCUT2D eigenvalue weighted by atomic mass is 16.5. The molecule has 2 aromatic carbocycles. The van der Waals surface area contributed by atoms with Gasteiger partial charge in [0.05, 0.1) is 25.1 Å². The van der Waals surface area contributed by atoms with Crippen LogP contribution in [0.3, 0.4) is 0 Å². The summed E-state index contributed by atoms with van der Waals surface area (Å²) < 4.78 is 11.2. The van der Waals surface area contributed by atoms with E-state index in [9.17, 15) is 4.79 Å². The topological polar surface area (TPSA) is 115 Å². The molecule has 162 valence electrons. The van der Waals surface area contributed by atoms with E-state index in [1.54, 1.807) is 23.2 Å². The third-order valence-corrected chi connectivity index (χ3v) is 5.34. The number of nitrogens with two attached hydrogens (primary N) is 1. The third-order valence-electron chi connectivity index (χ3n) is 5.34. The Hall–Kier alpha value is -3.98. The number of morpholine rings is 1. The number of nitrogens with one attached hydrogen (secondary N) is 1. The van der Waals surface area contributed by atoms with Crippen LogP contribution in [0.2, 0.25) is 0 Å². The minimum atomic E-state index is -0.639. The molecule has 2 aliphatic rings. The van der Waals surface area contributed by atoms with Gasteiger partial charge < -0.3 is 20.1 Å². The Balaban J connectivity index is 1.33. The van der Waals surface area contributed by atoms with Gasteiger partial charge in [-0.15, -0.1) is 5.10 Å². The van der Waals surface area contributed by atoms with Gasteiger partial charge >= 0.3 is 0 Å². The molecule has 0 bridgehead atoms. The highest BCUT2D eigenvalue weighted by Crippen LogP contribution is 2.26. The van der Waals surface area contributed by atoms with Gasteiger partial charge in [-0.3, -0.25) is 10.2 Å². The van der Waals surface area contributed by atoms with Crippen molar-refractivity contribution in [2.24, 2.45) is 5.10 Å². The quantitative estimate of drug-likeness (QED) is 0.652. The summed E-state index contributed by atoms with van der Waals surface area (Å²) in [6.07, 6.45) is 0.964. The smallest absolute Gasteiger partial charge is 0.254 e. The van der Waals surface area contributed by atoms with Crippen molar-refractivity contribution in [1.29, 1.82) is 0 Å². The molecule has 0 unspecified atom stereocenters. The minimum absolute atomic E-state index is 0.00178.